The molecule has 0 radical (unpaired) electrons. The molecule has 31 heavy (non-hydrogen) atoms. The van der Waals surface area contributed by atoms with Gasteiger partial charge in [0.15, 0.2) is 11.5 Å². The van der Waals surface area contributed by atoms with Crippen LogP contribution in [0, 0.1) is 6.92 Å². The highest BCUT2D eigenvalue weighted by atomic mass is 16.6. The Kier molecular flexibility index (Phi) is 5.23. The fraction of sp³-hybridized carbons (Fsp3) is 0.435. The van der Waals surface area contributed by atoms with Crippen molar-refractivity contribution >= 4 is 22.9 Å². The van der Waals surface area contributed by atoms with Gasteiger partial charge in [-0.3, -0.25) is 15.1 Å². The molecule has 2 aliphatic rings. The molecule has 5 rings (SSSR count). The Balaban J connectivity index is 1.62. The van der Waals surface area contributed by atoms with E-state index in [0.717, 1.165) is 54.8 Å². The Hall–Kier alpha value is -3.13. The van der Waals surface area contributed by atoms with Crippen LogP contribution in [0.15, 0.2) is 30.5 Å². The predicted octanol–water partition coefficient (Wildman–Crippen LogP) is 3.42. The number of amides is 1. The summed E-state index contributed by atoms with van der Waals surface area (Å²) in [7, 11) is 2.14. The summed E-state index contributed by atoms with van der Waals surface area (Å²) < 4.78 is 14.0. The first-order valence-electron chi connectivity index (χ1n) is 10.8. The molecule has 1 saturated heterocycles. The highest BCUT2D eigenvalue weighted by molar-refractivity contribution is 6.04. The van der Waals surface area contributed by atoms with Gasteiger partial charge in [0.25, 0.3) is 5.91 Å². The van der Waals surface area contributed by atoms with E-state index in [1.54, 1.807) is 18.3 Å². The van der Waals surface area contributed by atoms with Gasteiger partial charge in [0.05, 0.1) is 5.52 Å². The van der Waals surface area contributed by atoms with Crippen molar-refractivity contribution in [3.63, 3.8) is 0 Å². The van der Waals surface area contributed by atoms with Crippen molar-refractivity contribution < 1.29 is 14.3 Å². The maximum atomic E-state index is 13.0. The summed E-state index contributed by atoms with van der Waals surface area (Å²) in [5, 5.41) is 3.05. The van der Waals surface area contributed by atoms with E-state index in [4.69, 9.17) is 14.5 Å². The maximum absolute atomic E-state index is 13.0. The SMILES string of the molecule is Cc1cc(C(=O)Nc2nc3ccc4c(c3n2[C@@H]2CCCCN(C)C2)OCCO4)ccn1. The summed E-state index contributed by atoms with van der Waals surface area (Å²) in [4.78, 5) is 24.4. The van der Waals surface area contributed by atoms with E-state index in [1.807, 2.05) is 19.1 Å². The van der Waals surface area contributed by atoms with Gasteiger partial charge in [-0.2, -0.15) is 0 Å². The van der Waals surface area contributed by atoms with Crippen LogP contribution in [0.2, 0.25) is 0 Å². The molecule has 2 aliphatic heterocycles. The zero-order valence-electron chi connectivity index (χ0n) is 17.9. The van der Waals surface area contributed by atoms with Crippen LogP contribution in [0.5, 0.6) is 11.5 Å². The quantitative estimate of drug-likeness (QED) is 0.698. The first-order valence-corrected chi connectivity index (χ1v) is 10.8. The number of aromatic nitrogens is 3. The summed E-state index contributed by atoms with van der Waals surface area (Å²) in [6.07, 6.45) is 4.94. The lowest BCUT2D eigenvalue weighted by atomic mass is 10.1. The molecule has 8 nitrogen and oxygen atoms in total. The number of pyridine rings is 1. The molecule has 0 unspecified atom stereocenters. The van der Waals surface area contributed by atoms with Gasteiger partial charge in [-0.25, -0.2) is 4.98 Å². The second kappa shape index (κ2) is 8.19. The van der Waals surface area contributed by atoms with Crippen molar-refractivity contribution in [2.75, 3.05) is 38.7 Å². The van der Waals surface area contributed by atoms with Gasteiger partial charge in [-0.1, -0.05) is 6.42 Å². The number of ether oxygens (including phenoxy) is 2. The second-order valence-corrected chi connectivity index (χ2v) is 8.31. The topological polar surface area (TPSA) is 81.5 Å². The van der Waals surface area contributed by atoms with Crippen molar-refractivity contribution in [2.24, 2.45) is 0 Å². The van der Waals surface area contributed by atoms with Gasteiger partial charge >= 0.3 is 0 Å². The Morgan fingerprint density at radius 3 is 2.94 bits per heavy atom. The van der Waals surface area contributed by atoms with Gasteiger partial charge in [-0.15, -0.1) is 0 Å². The molecule has 0 saturated carbocycles. The summed E-state index contributed by atoms with van der Waals surface area (Å²) >= 11 is 0. The fourth-order valence-electron chi connectivity index (χ4n) is 4.51. The van der Waals surface area contributed by atoms with E-state index in [-0.39, 0.29) is 11.9 Å². The molecule has 2 aromatic heterocycles. The van der Waals surface area contributed by atoms with Crippen LogP contribution in [0.4, 0.5) is 5.95 Å². The lowest BCUT2D eigenvalue weighted by Gasteiger charge is -2.26. The third-order valence-corrected chi connectivity index (χ3v) is 5.96. The Bertz CT molecular complexity index is 1130. The molecule has 0 spiro atoms. The largest absolute Gasteiger partial charge is 0.486 e. The van der Waals surface area contributed by atoms with Crippen LogP contribution in [-0.2, 0) is 0 Å². The summed E-state index contributed by atoms with van der Waals surface area (Å²) in [5.74, 6) is 1.78. The second-order valence-electron chi connectivity index (χ2n) is 8.31. The molecule has 1 amide bonds. The van der Waals surface area contributed by atoms with Crippen LogP contribution in [0.25, 0.3) is 11.0 Å². The zero-order valence-corrected chi connectivity index (χ0v) is 17.9. The molecule has 1 fully saturated rings. The predicted molar refractivity (Wildman–Crippen MR) is 118 cm³/mol. The molecular formula is C23H27N5O3. The number of aryl methyl sites for hydroxylation is 1. The van der Waals surface area contributed by atoms with E-state index in [0.29, 0.717) is 30.5 Å². The number of rotatable bonds is 3. The van der Waals surface area contributed by atoms with Crippen LogP contribution in [-0.4, -0.2) is 58.7 Å². The zero-order chi connectivity index (χ0) is 21.4. The summed E-state index contributed by atoms with van der Waals surface area (Å²) in [6, 6.07) is 7.50. The number of likely N-dealkylation sites (tertiary alicyclic amines) is 1. The lowest BCUT2D eigenvalue weighted by molar-refractivity contribution is 0.102. The number of hydrogen-bond donors (Lipinski definition) is 1. The van der Waals surface area contributed by atoms with Crippen molar-refractivity contribution in [1.29, 1.82) is 0 Å². The van der Waals surface area contributed by atoms with E-state index in [1.165, 1.54) is 0 Å². The Morgan fingerprint density at radius 1 is 1.19 bits per heavy atom. The number of carbonyl (C=O) groups is 1. The molecular weight excluding hydrogens is 394 g/mol. The van der Waals surface area contributed by atoms with Crippen molar-refractivity contribution in [1.82, 2.24) is 19.4 Å². The number of fused-ring (bicyclic) bond motifs is 3. The van der Waals surface area contributed by atoms with Crippen LogP contribution < -0.4 is 14.8 Å². The minimum Gasteiger partial charge on any atom is -0.486 e. The van der Waals surface area contributed by atoms with Gasteiger partial charge in [-0.05, 0) is 57.6 Å². The maximum Gasteiger partial charge on any atom is 0.258 e. The number of hydrogen-bond acceptors (Lipinski definition) is 6. The van der Waals surface area contributed by atoms with Crippen molar-refractivity contribution in [3.8, 4) is 11.5 Å². The number of anilines is 1. The van der Waals surface area contributed by atoms with E-state index in [2.05, 4.69) is 26.8 Å². The fourth-order valence-corrected chi connectivity index (χ4v) is 4.51. The number of imidazole rings is 1. The van der Waals surface area contributed by atoms with Crippen molar-refractivity contribution in [3.05, 3.63) is 41.7 Å². The molecule has 1 atom stereocenters. The molecule has 0 aliphatic carbocycles. The number of benzene rings is 1. The Morgan fingerprint density at radius 2 is 2.06 bits per heavy atom. The highest BCUT2D eigenvalue weighted by Crippen LogP contribution is 2.41. The number of likely N-dealkylation sites (N-methyl/N-ethyl adjacent to an activating group) is 1. The van der Waals surface area contributed by atoms with Gasteiger partial charge in [0.1, 0.15) is 18.7 Å². The minimum absolute atomic E-state index is 0.170. The summed E-state index contributed by atoms with van der Waals surface area (Å²) in [5.41, 5.74) is 3.04. The number of nitrogens with one attached hydrogen (secondary N) is 1. The van der Waals surface area contributed by atoms with Crippen LogP contribution in [0.3, 0.4) is 0 Å². The average Bonchev–Trinajstić information content (AvgIpc) is 3.00. The van der Waals surface area contributed by atoms with Crippen LogP contribution in [0.1, 0.15) is 41.4 Å². The number of carbonyl (C=O) groups excluding carboxylic acids is 1. The molecule has 162 valence electrons. The first-order chi connectivity index (χ1) is 15.1. The molecule has 0 bridgehead atoms. The molecule has 4 heterocycles. The van der Waals surface area contributed by atoms with E-state index >= 15 is 0 Å². The number of nitrogens with zero attached hydrogens (tertiary/aromatic N) is 4. The van der Waals surface area contributed by atoms with Gasteiger partial charge in [0, 0.05) is 30.0 Å². The first kappa shape index (κ1) is 19.8. The average molecular weight is 422 g/mol. The minimum atomic E-state index is -0.199. The van der Waals surface area contributed by atoms with Crippen LogP contribution >= 0.6 is 0 Å². The molecule has 1 N–H and O–H groups in total. The molecule has 8 heteroatoms. The normalized spacial score (nSPS) is 19.2. The van der Waals surface area contributed by atoms with Gasteiger partial charge < -0.3 is 18.9 Å². The van der Waals surface area contributed by atoms with E-state index < -0.39 is 0 Å². The third-order valence-electron chi connectivity index (χ3n) is 5.96. The molecule has 1 aromatic carbocycles. The standard InChI is InChI=1S/C23H27N5O3/c1-15-13-16(8-9-24-15)22(29)26-23-25-18-6-7-19-21(31-12-11-30-19)20(18)28(23)17-5-3-4-10-27(2)14-17/h6-9,13,17H,3-5,10-12,14H2,1-2H3,(H,25,26,29)/t17-/m1/s1. The summed E-state index contributed by atoms with van der Waals surface area (Å²) in [6.45, 7) is 4.85. The van der Waals surface area contributed by atoms with E-state index in [9.17, 15) is 4.79 Å². The van der Waals surface area contributed by atoms with Gasteiger partial charge in [0.2, 0.25) is 5.95 Å². The third kappa shape index (κ3) is 3.83. The lowest BCUT2D eigenvalue weighted by Crippen LogP contribution is -2.28. The smallest absolute Gasteiger partial charge is 0.258 e. The highest BCUT2D eigenvalue weighted by Gasteiger charge is 2.28. The monoisotopic (exact) mass is 421 g/mol. The van der Waals surface area contributed by atoms with Crippen molar-refractivity contribution in [2.45, 2.75) is 32.2 Å². The molecule has 3 aromatic rings. The Labute approximate surface area is 181 Å².